The molecule has 1 amide bonds. The summed E-state index contributed by atoms with van der Waals surface area (Å²) in [4.78, 5) is 12.1. The number of hydrogen-bond acceptors (Lipinski definition) is 3. The van der Waals surface area contributed by atoms with Crippen LogP contribution in [0.4, 0.5) is 0 Å². The van der Waals surface area contributed by atoms with Crippen LogP contribution < -0.4 is 10.6 Å². The van der Waals surface area contributed by atoms with Crippen molar-refractivity contribution in [3.8, 4) is 0 Å². The van der Waals surface area contributed by atoms with E-state index < -0.39 is 0 Å². The van der Waals surface area contributed by atoms with Gasteiger partial charge in [-0.2, -0.15) is 0 Å². The number of piperidine rings is 1. The molecule has 0 aromatic carbocycles. The highest BCUT2D eigenvalue weighted by atomic mass is 16.5. The van der Waals surface area contributed by atoms with Crippen LogP contribution in [0.2, 0.25) is 0 Å². The van der Waals surface area contributed by atoms with E-state index in [9.17, 15) is 4.79 Å². The summed E-state index contributed by atoms with van der Waals surface area (Å²) in [7, 11) is 1.67. The van der Waals surface area contributed by atoms with Crippen molar-refractivity contribution in [1.29, 1.82) is 0 Å². The summed E-state index contributed by atoms with van der Waals surface area (Å²) in [5, 5.41) is 6.29. The summed E-state index contributed by atoms with van der Waals surface area (Å²) in [5.41, 5.74) is 0.768. The summed E-state index contributed by atoms with van der Waals surface area (Å²) < 4.78 is 7.09. The van der Waals surface area contributed by atoms with Crippen molar-refractivity contribution in [3.05, 3.63) is 24.0 Å². The van der Waals surface area contributed by atoms with E-state index in [4.69, 9.17) is 4.74 Å². The predicted molar refractivity (Wildman–Crippen MR) is 74.4 cm³/mol. The van der Waals surface area contributed by atoms with Crippen LogP contribution in [0.5, 0.6) is 0 Å². The van der Waals surface area contributed by atoms with Crippen molar-refractivity contribution in [2.75, 3.05) is 33.4 Å². The first-order valence-electron chi connectivity index (χ1n) is 6.97. The normalized spacial score (nSPS) is 16.5. The molecule has 19 heavy (non-hydrogen) atoms. The Bertz CT molecular complexity index is 397. The number of carbonyl (C=O) groups excluding carboxylic acids is 1. The summed E-state index contributed by atoms with van der Waals surface area (Å²) in [6.45, 7) is 3.38. The fourth-order valence-corrected chi connectivity index (χ4v) is 2.50. The van der Waals surface area contributed by atoms with Crippen molar-refractivity contribution >= 4 is 5.91 Å². The molecule has 1 aromatic rings. The highest BCUT2D eigenvalue weighted by molar-refractivity contribution is 5.92. The van der Waals surface area contributed by atoms with Crippen molar-refractivity contribution in [2.45, 2.75) is 25.3 Å². The first-order valence-corrected chi connectivity index (χ1v) is 6.97. The van der Waals surface area contributed by atoms with Gasteiger partial charge in [0.15, 0.2) is 0 Å². The molecule has 1 aliphatic heterocycles. The Morgan fingerprint density at radius 3 is 3.05 bits per heavy atom. The van der Waals surface area contributed by atoms with Crippen LogP contribution in [0.1, 0.15) is 35.8 Å². The quantitative estimate of drug-likeness (QED) is 0.759. The zero-order valence-electron chi connectivity index (χ0n) is 11.5. The van der Waals surface area contributed by atoms with Crippen molar-refractivity contribution in [2.24, 2.45) is 0 Å². The number of carbonyl (C=O) groups is 1. The predicted octanol–water partition coefficient (Wildman–Crippen LogP) is 1.18. The number of nitrogens with one attached hydrogen (secondary N) is 2. The molecule has 1 aliphatic rings. The van der Waals surface area contributed by atoms with Crippen LogP contribution >= 0.6 is 0 Å². The monoisotopic (exact) mass is 265 g/mol. The maximum absolute atomic E-state index is 12.1. The molecule has 2 rings (SSSR count). The zero-order valence-corrected chi connectivity index (χ0v) is 11.5. The lowest BCUT2D eigenvalue weighted by atomic mass is 10.1. The molecular weight excluding hydrogens is 242 g/mol. The summed E-state index contributed by atoms with van der Waals surface area (Å²) >= 11 is 0. The van der Waals surface area contributed by atoms with Gasteiger partial charge in [0.25, 0.3) is 5.91 Å². The lowest BCUT2D eigenvalue weighted by Gasteiger charge is -2.25. The van der Waals surface area contributed by atoms with Crippen LogP contribution in [-0.4, -0.2) is 43.8 Å². The van der Waals surface area contributed by atoms with E-state index in [1.54, 1.807) is 7.11 Å². The summed E-state index contributed by atoms with van der Waals surface area (Å²) in [6.07, 6.45) is 5.02. The highest BCUT2D eigenvalue weighted by Gasteiger charge is 2.19. The number of hydrogen-bond donors (Lipinski definition) is 2. The Morgan fingerprint density at radius 2 is 2.32 bits per heavy atom. The topological polar surface area (TPSA) is 55.3 Å². The third-order valence-corrected chi connectivity index (χ3v) is 3.52. The molecule has 2 N–H and O–H groups in total. The van der Waals surface area contributed by atoms with Crippen molar-refractivity contribution in [3.63, 3.8) is 0 Å². The van der Waals surface area contributed by atoms with Gasteiger partial charge in [0.2, 0.25) is 0 Å². The second kappa shape index (κ2) is 7.31. The average Bonchev–Trinajstić information content (AvgIpc) is 2.94. The number of amides is 1. The van der Waals surface area contributed by atoms with Gasteiger partial charge in [-0.3, -0.25) is 4.79 Å². The van der Waals surface area contributed by atoms with E-state index in [1.807, 2.05) is 18.3 Å². The highest BCUT2D eigenvalue weighted by Crippen LogP contribution is 2.21. The van der Waals surface area contributed by atoms with Crippen LogP contribution in [0.3, 0.4) is 0 Å². The Hall–Kier alpha value is -1.33. The van der Waals surface area contributed by atoms with E-state index in [0.29, 0.717) is 19.2 Å². The van der Waals surface area contributed by atoms with Gasteiger partial charge in [-0.15, -0.1) is 0 Å². The minimum atomic E-state index is 0.0136. The Kier molecular flexibility index (Phi) is 5.42. The zero-order chi connectivity index (χ0) is 13.5. The van der Waals surface area contributed by atoms with Crippen molar-refractivity contribution < 1.29 is 9.53 Å². The molecule has 1 fully saturated rings. The molecule has 106 valence electrons. The lowest BCUT2D eigenvalue weighted by Crippen LogP contribution is -2.32. The molecule has 1 saturated heterocycles. The van der Waals surface area contributed by atoms with Gasteiger partial charge in [0, 0.05) is 32.5 Å². The second-order valence-corrected chi connectivity index (χ2v) is 4.88. The number of ether oxygens (including phenoxy) is 1. The number of methoxy groups -OCH3 is 1. The molecule has 0 radical (unpaired) electrons. The molecule has 0 saturated carbocycles. The Labute approximate surface area is 114 Å². The SMILES string of the molecule is COCCCNC(=O)c1cccn1C1CCNCC1. The molecule has 0 atom stereocenters. The van der Waals surface area contributed by atoms with E-state index in [0.717, 1.165) is 38.0 Å². The van der Waals surface area contributed by atoms with E-state index in [2.05, 4.69) is 15.2 Å². The molecule has 2 heterocycles. The number of aromatic nitrogens is 1. The molecular formula is C14H23N3O2. The van der Waals surface area contributed by atoms with Gasteiger partial charge < -0.3 is 19.9 Å². The minimum Gasteiger partial charge on any atom is -0.385 e. The second-order valence-electron chi connectivity index (χ2n) is 4.88. The molecule has 5 heteroatoms. The van der Waals surface area contributed by atoms with Crippen molar-refractivity contribution in [1.82, 2.24) is 15.2 Å². The van der Waals surface area contributed by atoms with Gasteiger partial charge in [-0.1, -0.05) is 0 Å². The summed E-state index contributed by atoms with van der Waals surface area (Å²) in [6, 6.07) is 4.29. The fraction of sp³-hybridized carbons (Fsp3) is 0.643. The maximum atomic E-state index is 12.1. The van der Waals surface area contributed by atoms with E-state index >= 15 is 0 Å². The first kappa shape index (κ1) is 14.1. The molecule has 0 aliphatic carbocycles. The van der Waals surface area contributed by atoms with Gasteiger partial charge in [-0.25, -0.2) is 0 Å². The van der Waals surface area contributed by atoms with Gasteiger partial charge >= 0.3 is 0 Å². The standard InChI is InChI=1S/C14H23N3O2/c1-19-11-3-7-16-14(18)13-4-2-10-17(13)12-5-8-15-9-6-12/h2,4,10,12,15H,3,5-9,11H2,1H3,(H,16,18). The van der Waals surface area contributed by atoms with Crippen LogP contribution in [0.15, 0.2) is 18.3 Å². The fourth-order valence-electron chi connectivity index (χ4n) is 2.50. The molecule has 0 unspecified atom stereocenters. The number of nitrogens with zero attached hydrogens (tertiary/aromatic N) is 1. The van der Waals surface area contributed by atoms with Crippen LogP contribution in [-0.2, 0) is 4.74 Å². The van der Waals surface area contributed by atoms with Crippen LogP contribution in [0.25, 0.3) is 0 Å². The average molecular weight is 265 g/mol. The summed E-state index contributed by atoms with van der Waals surface area (Å²) in [5.74, 6) is 0.0136. The van der Waals surface area contributed by atoms with Gasteiger partial charge in [-0.05, 0) is 44.5 Å². The maximum Gasteiger partial charge on any atom is 0.267 e. The van der Waals surface area contributed by atoms with Gasteiger partial charge in [0.05, 0.1) is 0 Å². The lowest BCUT2D eigenvalue weighted by molar-refractivity contribution is 0.0936. The van der Waals surface area contributed by atoms with Crippen LogP contribution in [0, 0.1) is 0 Å². The molecule has 1 aromatic heterocycles. The van der Waals surface area contributed by atoms with Gasteiger partial charge in [0.1, 0.15) is 5.69 Å². The molecule has 0 spiro atoms. The van der Waals surface area contributed by atoms with E-state index in [-0.39, 0.29) is 5.91 Å². The third-order valence-electron chi connectivity index (χ3n) is 3.52. The number of rotatable bonds is 6. The molecule has 0 bridgehead atoms. The third kappa shape index (κ3) is 3.81. The Morgan fingerprint density at radius 1 is 1.53 bits per heavy atom. The smallest absolute Gasteiger partial charge is 0.267 e. The Balaban J connectivity index is 1.92. The first-order chi connectivity index (χ1) is 9.33. The van der Waals surface area contributed by atoms with E-state index in [1.165, 1.54) is 0 Å². The molecule has 5 nitrogen and oxygen atoms in total. The minimum absolute atomic E-state index is 0.0136. The largest absolute Gasteiger partial charge is 0.385 e.